The van der Waals surface area contributed by atoms with Gasteiger partial charge in [0.05, 0.1) is 0 Å². The first-order valence-electron chi connectivity index (χ1n) is 6.24. The number of benzene rings is 1. The number of piperidine rings is 1. The third-order valence-corrected chi connectivity index (χ3v) is 3.82. The minimum atomic E-state index is 0.616. The molecule has 3 rings (SSSR count). The van der Waals surface area contributed by atoms with Crippen molar-refractivity contribution >= 4 is 0 Å². The van der Waals surface area contributed by atoms with Crippen LogP contribution in [-0.4, -0.2) is 6.04 Å². The SMILES string of the molecule is c1ccc([C@H]2CCC[C@@H](C3CC3)N2)cc1. The minimum absolute atomic E-state index is 0.616. The second-order valence-electron chi connectivity index (χ2n) is 5.00. The van der Waals surface area contributed by atoms with Crippen molar-refractivity contribution in [2.75, 3.05) is 0 Å². The van der Waals surface area contributed by atoms with Crippen molar-refractivity contribution in [3.8, 4) is 0 Å². The van der Waals surface area contributed by atoms with Gasteiger partial charge in [-0.25, -0.2) is 0 Å². The van der Waals surface area contributed by atoms with Gasteiger partial charge in [0.2, 0.25) is 0 Å². The first-order valence-corrected chi connectivity index (χ1v) is 6.24. The van der Waals surface area contributed by atoms with Crippen LogP contribution in [0.1, 0.15) is 43.7 Å². The highest BCUT2D eigenvalue weighted by atomic mass is 15.0. The van der Waals surface area contributed by atoms with Crippen LogP contribution in [0.4, 0.5) is 0 Å². The summed E-state index contributed by atoms with van der Waals surface area (Å²) >= 11 is 0. The first kappa shape index (κ1) is 9.41. The summed E-state index contributed by atoms with van der Waals surface area (Å²) in [6.45, 7) is 0. The molecule has 1 saturated heterocycles. The zero-order chi connectivity index (χ0) is 10.1. The van der Waals surface area contributed by atoms with E-state index in [1.165, 1.54) is 37.7 Å². The molecule has 1 heterocycles. The van der Waals surface area contributed by atoms with Crippen LogP contribution in [0.2, 0.25) is 0 Å². The summed E-state index contributed by atoms with van der Waals surface area (Å²) in [6.07, 6.45) is 7.02. The lowest BCUT2D eigenvalue weighted by molar-refractivity contribution is 0.301. The van der Waals surface area contributed by atoms with Gasteiger partial charge in [-0.15, -0.1) is 0 Å². The summed E-state index contributed by atoms with van der Waals surface area (Å²) in [7, 11) is 0. The van der Waals surface area contributed by atoms with E-state index in [4.69, 9.17) is 0 Å². The average Bonchev–Trinajstić information content (AvgIpc) is 3.14. The highest BCUT2D eigenvalue weighted by Crippen LogP contribution is 2.38. The second-order valence-corrected chi connectivity index (χ2v) is 5.00. The molecule has 0 bridgehead atoms. The predicted molar refractivity (Wildman–Crippen MR) is 62.7 cm³/mol. The van der Waals surface area contributed by atoms with Gasteiger partial charge in [-0.1, -0.05) is 36.8 Å². The molecule has 0 unspecified atom stereocenters. The van der Waals surface area contributed by atoms with Crippen LogP contribution >= 0.6 is 0 Å². The Morgan fingerprint density at radius 3 is 2.47 bits per heavy atom. The van der Waals surface area contributed by atoms with Gasteiger partial charge >= 0.3 is 0 Å². The van der Waals surface area contributed by atoms with E-state index in [9.17, 15) is 0 Å². The van der Waals surface area contributed by atoms with Crippen LogP contribution in [0.15, 0.2) is 30.3 Å². The van der Waals surface area contributed by atoms with Gasteiger partial charge in [0, 0.05) is 12.1 Å². The molecule has 1 N–H and O–H groups in total. The predicted octanol–water partition coefficient (Wildman–Crippen LogP) is 3.28. The summed E-state index contributed by atoms with van der Waals surface area (Å²) in [4.78, 5) is 0. The lowest BCUT2D eigenvalue weighted by atomic mass is 9.91. The summed E-state index contributed by atoms with van der Waals surface area (Å²) in [5.41, 5.74) is 1.47. The Morgan fingerprint density at radius 2 is 1.73 bits per heavy atom. The summed E-state index contributed by atoms with van der Waals surface area (Å²) in [5.74, 6) is 0.997. The molecule has 2 aliphatic rings. The molecule has 0 spiro atoms. The van der Waals surface area contributed by atoms with E-state index in [1.54, 1.807) is 0 Å². The van der Waals surface area contributed by atoms with E-state index in [0.29, 0.717) is 6.04 Å². The average molecular weight is 201 g/mol. The van der Waals surface area contributed by atoms with Gasteiger partial charge in [0.25, 0.3) is 0 Å². The largest absolute Gasteiger partial charge is 0.307 e. The fourth-order valence-corrected chi connectivity index (χ4v) is 2.79. The van der Waals surface area contributed by atoms with Crippen LogP contribution < -0.4 is 5.32 Å². The van der Waals surface area contributed by atoms with Crippen molar-refractivity contribution < 1.29 is 0 Å². The number of hydrogen-bond donors (Lipinski definition) is 1. The molecule has 80 valence electrons. The lowest BCUT2D eigenvalue weighted by Crippen LogP contribution is -2.38. The minimum Gasteiger partial charge on any atom is -0.307 e. The van der Waals surface area contributed by atoms with Crippen LogP contribution in [0.25, 0.3) is 0 Å². The molecule has 0 radical (unpaired) electrons. The Hall–Kier alpha value is -0.820. The third-order valence-electron chi connectivity index (χ3n) is 3.82. The maximum atomic E-state index is 3.83. The highest BCUT2D eigenvalue weighted by molar-refractivity contribution is 5.19. The maximum Gasteiger partial charge on any atom is 0.0322 e. The molecule has 1 aliphatic carbocycles. The van der Waals surface area contributed by atoms with Crippen LogP contribution in [-0.2, 0) is 0 Å². The van der Waals surface area contributed by atoms with E-state index in [2.05, 4.69) is 35.6 Å². The van der Waals surface area contributed by atoms with E-state index in [0.717, 1.165) is 12.0 Å². The third kappa shape index (κ3) is 2.07. The fraction of sp³-hybridized carbons (Fsp3) is 0.571. The molecule has 0 amide bonds. The smallest absolute Gasteiger partial charge is 0.0322 e. The van der Waals surface area contributed by atoms with E-state index < -0.39 is 0 Å². The van der Waals surface area contributed by atoms with Crippen molar-refractivity contribution in [1.82, 2.24) is 5.32 Å². The molecule has 1 nitrogen and oxygen atoms in total. The number of hydrogen-bond acceptors (Lipinski definition) is 1. The molecular formula is C14H19N. The van der Waals surface area contributed by atoms with E-state index in [-0.39, 0.29) is 0 Å². The fourth-order valence-electron chi connectivity index (χ4n) is 2.79. The monoisotopic (exact) mass is 201 g/mol. The van der Waals surface area contributed by atoms with Crippen molar-refractivity contribution in [3.63, 3.8) is 0 Å². The molecule has 15 heavy (non-hydrogen) atoms. The van der Waals surface area contributed by atoms with Crippen molar-refractivity contribution in [3.05, 3.63) is 35.9 Å². The molecule has 0 aromatic heterocycles. The Morgan fingerprint density at radius 1 is 0.933 bits per heavy atom. The summed E-state index contributed by atoms with van der Waals surface area (Å²) in [6, 6.07) is 12.3. The van der Waals surface area contributed by atoms with Crippen LogP contribution in [0.5, 0.6) is 0 Å². The van der Waals surface area contributed by atoms with Crippen molar-refractivity contribution in [2.24, 2.45) is 5.92 Å². The highest BCUT2D eigenvalue weighted by Gasteiger charge is 2.34. The van der Waals surface area contributed by atoms with Crippen molar-refractivity contribution in [1.29, 1.82) is 0 Å². The van der Waals surface area contributed by atoms with Crippen LogP contribution in [0, 0.1) is 5.92 Å². The standard InChI is InChI=1S/C14H19N/c1-2-5-11(6-3-1)13-7-4-8-14(15-13)12-9-10-12/h1-3,5-6,12-15H,4,7-10H2/t13-,14+/m1/s1. The molecule has 1 heteroatoms. The quantitative estimate of drug-likeness (QED) is 0.774. The van der Waals surface area contributed by atoms with Gasteiger partial charge in [-0.05, 0) is 37.2 Å². The van der Waals surface area contributed by atoms with Crippen LogP contribution in [0.3, 0.4) is 0 Å². The number of nitrogens with one attached hydrogen (secondary N) is 1. The lowest BCUT2D eigenvalue weighted by Gasteiger charge is -2.31. The Kier molecular flexibility index (Phi) is 2.49. The first-order chi connectivity index (χ1) is 7.43. The molecule has 1 saturated carbocycles. The van der Waals surface area contributed by atoms with Gasteiger partial charge in [-0.2, -0.15) is 0 Å². The van der Waals surface area contributed by atoms with Gasteiger partial charge in [-0.3, -0.25) is 0 Å². The summed E-state index contributed by atoms with van der Waals surface area (Å²) in [5, 5.41) is 3.83. The molecule has 2 fully saturated rings. The topological polar surface area (TPSA) is 12.0 Å². The second kappa shape index (κ2) is 3.97. The molecular weight excluding hydrogens is 182 g/mol. The number of rotatable bonds is 2. The Balaban J connectivity index is 1.70. The van der Waals surface area contributed by atoms with Gasteiger partial charge in [0.15, 0.2) is 0 Å². The van der Waals surface area contributed by atoms with Gasteiger partial charge < -0.3 is 5.32 Å². The molecule has 2 atom stereocenters. The maximum absolute atomic E-state index is 3.83. The summed E-state index contributed by atoms with van der Waals surface area (Å²) < 4.78 is 0. The molecule has 1 aromatic rings. The van der Waals surface area contributed by atoms with E-state index in [1.807, 2.05) is 0 Å². The normalized spacial score (nSPS) is 31.5. The van der Waals surface area contributed by atoms with E-state index >= 15 is 0 Å². The zero-order valence-corrected chi connectivity index (χ0v) is 9.15. The van der Waals surface area contributed by atoms with Gasteiger partial charge in [0.1, 0.15) is 0 Å². The molecule has 1 aliphatic heterocycles. The van der Waals surface area contributed by atoms with Crippen molar-refractivity contribution in [2.45, 2.75) is 44.2 Å². The Bertz CT molecular complexity index is 315. The molecule has 1 aromatic carbocycles. The Labute approximate surface area is 91.9 Å². The zero-order valence-electron chi connectivity index (χ0n) is 9.15.